The molecule has 31 heavy (non-hydrogen) atoms. The first kappa shape index (κ1) is 19.3. The number of aromatic hydroxyl groups is 1. The summed E-state index contributed by atoms with van der Waals surface area (Å²) in [5.41, 5.74) is 1.22. The Kier molecular flexibility index (Phi) is 4.13. The van der Waals surface area contributed by atoms with Crippen molar-refractivity contribution in [3.05, 3.63) is 56.9 Å². The van der Waals surface area contributed by atoms with Gasteiger partial charge in [-0.05, 0) is 30.7 Å². The zero-order valence-electron chi connectivity index (χ0n) is 16.9. The summed E-state index contributed by atoms with van der Waals surface area (Å²) < 4.78 is 6.63. The third-order valence-electron chi connectivity index (χ3n) is 5.98. The molecule has 158 valence electrons. The van der Waals surface area contributed by atoms with Crippen LogP contribution in [0.15, 0.2) is 34.2 Å². The Bertz CT molecular complexity index is 1360. The minimum Gasteiger partial charge on any atom is -0.507 e. The Labute approximate surface area is 176 Å². The molecule has 0 saturated carbocycles. The number of ether oxygens (including phenoxy) is 1. The van der Waals surface area contributed by atoms with Crippen LogP contribution in [-0.2, 0) is 33.1 Å². The molecule has 5 rings (SSSR count). The lowest BCUT2D eigenvalue weighted by atomic mass is 9.86. The first-order valence-corrected chi connectivity index (χ1v) is 9.78. The molecule has 2 N–H and O–H groups in total. The van der Waals surface area contributed by atoms with Gasteiger partial charge >= 0.3 is 5.97 Å². The highest BCUT2D eigenvalue weighted by molar-refractivity contribution is 6.01. The van der Waals surface area contributed by atoms with Gasteiger partial charge in [0.2, 0.25) is 0 Å². The van der Waals surface area contributed by atoms with E-state index in [9.17, 15) is 19.8 Å². The van der Waals surface area contributed by atoms with Crippen molar-refractivity contribution in [2.45, 2.75) is 32.1 Å². The van der Waals surface area contributed by atoms with E-state index in [4.69, 9.17) is 14.6 Å². The minimum absolute atomic E-state index is 0.0572. The van der Waals surface area contributed by atoms with Gasteiger partial charge in [0, 0.05) is 22.1 Å². The second kappa shape index (κ2) is 6.64. The van der Waals surface area contributed by atoms with Gasteiger partial charge in [-0.15, -0.1) is 0 Å². The molecule has 9 nitrogen and oxygen atoms in total. The van der Waals surface area contributed by atoms with Crippen LogP contribution < -0.4 is 5.56 Å². The molecule has 0 bridgehead atoms. The quantitative estimate of drug-likeness (QED) is 0.294. The van der Waals surface area contributed by atoms with Crippen LogP contribution >= 0.6 is 0 Å². The van der Waals surface area contributed by atoms with Gasteiger partial charge in [0.15, 0.2) is 5.60 Å². The molecule has 0 radical (unpaired) electrons. The number of aliphatic hydroxyl groups is 1. The van der Waals surface area contributed by atoms with Gasteiger partial charge in [-0.25, -0.2) is 9.78 Å². The molecule has 4 heterocycles. The number of carbonyl (C=O) groups is 1. The molecule has 0 aliphatic carbocycles. The van der Waals surface area contributed by atoms with Gasteiger partial charge in [-0.1, -0.05) is 12.1 Å². The number of phenols is 1. The van der Waals surface area contributed by atoms with E-state index < -0.39 is 11.6 Å². The monoisotopic (exact) mass is 421 g/mol. The van der Waals surface area contributed by atoms with Gasteiger partial charge in [-0.2, -0.15) is 0 Å². The lowest BCUT2D eigenvalue weighted by Crippen LogP contribution is -2.44. The second-order valence-corrected chi connectivity index (χ2v) is 7.59. The molecule has 0 saturated heterocycles. The van der Waals surface area contributed by atoms with Crippen LogP contribution in [0.2, 0.25) is 0 Å². The number of hydrogen-bond acceptors (Lipinski definition) is 8. The van der Waals surface area contributed by atoms with Crippen LogP contribution in [0.5, 0.6) is 5.75 Å². The van der Waals surface area contributed by atoms with Gasteiger partial charge in [0.25, 0.3) is 5.56 Å². The standard InChI is InChI=1S/C22H19N3O6/c1-3-22(29)15-7-16-19-12(9-25(16)20(27)14(15)10-31-21(22)28)6-13-17(26)5-4-11(8-23-30-2)18(13)24-19/h4-8,26,29H,3,9-10H2,1-2H3/b23-8+/t22-/m0/s1. The Balaban J connectivity index is 1.79. The molecule has 1 aromatic carbocycles. The van der Waals surface area contributed by atoms with E-state index in [2.05, 4.69) is 5.16 Å². The number of carbonyl (C=O) groups excluding carboxylic acids is 1. The average molecular weight is 421 g/mol. The zero-order chi connectivity index (χ0) is 21.9. The van der Waals surface area contributed by atoms with E-state index in [0.717, 1.165) is 5.56 Å². The summed E-state index contributed by atoms with van der Waals surface area (Å²) in [6.07, 6.45) is 1.56. The second-order valence-electron chi connectivity index (χ2n) is 7.59. The topological polar surface area (TPSA) is 123 Å². The summed E-state index contributed by atoms with van der Waals surface area (Å²) in [5.74, 6) is -0.707. The predicted molar refractivity (Wildman–Crippen MR) is 111 cm³/mol. The molecule has 2 aromatic heterocycles. The van der Waals surface area contributed by atoms with E-state index in [0.29, 0.717) is 27.9 Å². The SMILES string of the molecule is CC[C@@]1(O)C(=O)OCc2c1cc1n(c2=O)Cc2cc3c(O)ccc(/C=N/OC)c3nc2-1. The van der Waals surface area contributed by atoms with Crippen molar-refractivity contribution >= 4 is 23.1 Å². The molecule has 0 unspecified atom stereocenters. The molecular formula is C22H19N3O6. The Hall–Kier alpha value is -3.72. The molecule has 9 heteroatoms. The fraction of sp³-hybridized carbons (Fsp3) is 0.273. The van der Waals surface area contributed by atoms with Crippen molar-refractivity contribution in [1.29, 1.82) is 0 Å². The van der Waals surface area contributed by atoms with Crippen molar-refractivity contribution < 1.29 is 24.6 Å². The Morgan fingerprint density at radius 2 is 2.16 bits per heavy atom. The van der Waals surface area contributed by atoms with E-state index in [1.807, 2.05) is 0 Å². The van der Waals surface area contributed by atoms with E-state index in [1.165, 1.54) is 13.3 Å². The predicted octanol–water partition coefficient (Wildman–Crippen LogP) is 1.77. The average Bonchev–Trinajstić information content (AvgIpc) is 3.13. The number of oxime groups is 1. The van der Waals surface area contributed by atoms with Gasteiger partial charge < -0.3 is 24.4 Å². The molecular weight excluding hydrogens is 402 g/mol. The summed E-state index contributed by atoms with van der Waals surface area (Å²) in [6, 6.07) is 6.65. The fourth-order valence-corrected chi connectivity index (χ4v) is 4.29. The summed E-state index contributed by atoms with van der Waals surface area (Å²) >= 11 is 0. The van der Waals surface area contributed by atoms with Gasteiger partial charge in [0.05, 0.1) is 35.2 Å². The number of nitrogens with zero attached hydrogens (tertiary/aromatic N) is 3. The number of phenolic OH excluding ortho intramolecular Hbond substituents is 1. The van der Waals surface area contributed by atoms with E-state index in [1.54, 1.807) is 35.8 Å². The van der Waals surface area contributed by atoms with Crippen molar-refractivity contribution in [1.82, 2.24) is 9.55 Å². The molecule has 0 spiro atoms. The lowest BCUT2D eigenvalue weighted by molar-refractivity contribution is -0.172. The third-order valence-corrected chi connectivity index (χ3v) is 5.98. The van der Waals surface area contributed by atoms with Crippen molar-refractivity contribution in [2.75, 3.05) is 7.11 Å². The zero-order valence-corrected chi connectivity index (χ0v) is 16.9. The van der Waals surface area contributed by atoms with Crippen LogP contribution in [-0.4, -0.2) is 39.1 Å². The molecule has 3 aromatic rings. The number of cyclic esters (lactones) is 1. The third kappa shape index (κ3) is 2.59. The van der Waals surface area contributed by atoms with Crippen molar-refractivity contribution in [2.24, 2.45) is 5.16 Å². The number of aromatic nitrogens is 2. The van der Waals surface area contributed by atoms with Crippen molar-refractivity contribution in [3.63, 3.8) is 0 Å². The van der Waals surface area contributed by atoms with Crippen LogP contribution in [0.4, 0.5) is 0 Å². The molecule has 2 aliphatic heterocycles. The highest BCUT2D eigenvalue weighted by Gasteiger charge is 2.45. The van der Waals surface area contributed by atoms with Crippen LogP contribution in [0, 0.1) is 0 Å². The summed E-state index contributed by atoms with van der Waals surface area (Å²) in [6.45, 7) is 1.74. The highest BCUT2D eigenvalue weighted by Crippen LogP contribution is 2.39. The molecule has 0 fully saturated rings. The molecule has 0 amide bonds. The largest absolute Gasteiger partial charge is 0.507 e. The van der Waals surface area contributed by atoms with Crippen LogP contribution in [0.25, 0.3) is 22.3 Å². The first-order valence-electron chi connectivity index (χ1n) is 9.78. The van der Waals surface area contributed by atoms with Crippen LogP contribution in [0.1, 0.15) is 35.6 Å². The van der Waals surface area contributed by atoms with Crippen LogP contribution in [0.3, 0.4) is 0 Å². The number of pyridine rings is 2. The lowest BCUT2D eigenvalue weighted by Gasteiger charge is -2.31. The Morgan fingerprint density at radius 1 is 1.35 bits per heavy atom. The maximum absolute atomic E-state index is 13.2. The van der Waals surface area contributed by atoms with Gasteiger partial charge in [0.1, 0.15) is 19.5 Å². The summed E-state index contributed by atoms with van der Waals surface area (Å²) in [7, 11) is 1.43. The number of rotatable bonds is 3. The minimum atomic E-state index is -1.88. The fourth-order valence-electron chi connectivity index (χ4n) is 4.29. The Morgan fingerprint density at radius 3 is 2.90 bits per heavy atom. The number of hydrogen-bond donors (Lipinski definition) is 2. The number of fused-ring (bicyclic) bond motifs is 5. The normalized spacial score (nSPS) is 19.3. The molecule has 1 atom stereocenters. The van der Waals surface area contributed by atoms with Gasteiger partial charge in [-0.3, -0.25) is 4.79 Å². The number of benzene rings is 1. The molecule has 2 aliphatic rings. The maximum Gasteiger partial charge on any atom is 0.343 e. The summed E-state index contributed by atoms with van der Waals surface area (Å²) in [4.78, 5) is 35.0. The van der Waals surface area contributed by atoms with Crippen molar-refractivity contribution in [3.8, 4) is 17.1 Å². The smallest absolute Gasteiger partial charge is 0.343 e. The highest BCUT2D eigenvalue weighted by atomic mass is 16.6. The summed E-state index contributed by atoms with van der Waals surface area (Å²) in [5, 5.41) is 25.6. The maximum atomic E-state index is 13.2. The first-order chi connectivity index (χ1) is 14.9. The van der Waals surface area contributed by atoms with E-state index in [-0.39, 0.29) is 42.0 Å². The number of esters is 1. The van der Waals surface area contributed by atoms with E-state index >= 15 is 0 Å².